The van der Waals surface area contributed by atoms with Crippen molar-refractivity contribution in [1.82, 2.24) is 0 Å². The van der Waals surface area contributed by atoms with E-state index in [9.17, 15) is 14.7 Å². The van der Waals surface area contributed by atoms with E-state index in [1.54, 1.807) is 0 Å². The zero-order valence-corrected chi connectivity index (χ0v) is 38.6. The highest BCUT2D eigenvalue weighted by atomic mass is 16.6. The predicted octanol–water partition coefficient (Wildman–Crippen LogP) is 16.5. The van der Waals surface area contributed by atoms with Crippen LogP contribution < -0.4 is 0 Å². The maximum Gasteiger partial charge on any atom is 0.306 e. The van der Waals surface area contributed by atoms with Crippen molar-refractivity contribution in [3.05, 3.63) is 48.6 Å². The minimum atomic E-state index is -0.780. The Morgan fingerprint density at radius 2 is 0.741 bits per heavy atom. The van der Waals surface area contributed by atoms with E-state index in [1.807, 2.05) is 0 Å². The van der Waals surface area contributed by atoms with Crippen LogP contribution in [-0.2, 0) is 19.1 Å². The minimum Gasteiger partial charge on any atom is -0.462 e. The first-order valence-electron chi connectivity index (χ1n) is 25.2. The maximum atomic E-state index is 12.2. The Kier molecular flexibility index (Phi) is 47.4. The summed E-state index contributed by atoms with van der Waals surface area (Å²) in [4.78, 5) is 24.4. The Morgan fingerprint density at radius 3 is 1.14 bits per heavy atom. The monoisotopic (exact) mass is 813 g/mol. The van der Waals surface area contributed by atoms with Crippen molar-refractivity contribution in [2.24, 2.45) is 0 Å². The average molecular weight is 813 g/mol. The van der Waals surface area contributed by atoms with Crippen LogP contribution in [0.3, 0.4) is 0 Å². The van der Waals surface area contributed by atoms with Crippen molar-refractivity contribution in [2.45, 2.75) is 264 Å². The molecule has 0 aromatic carbocycles. The van der Waals surface area contributed by atoms with Crippen molar-refractivity contribution in [3.63, 3.8) is 0 Å². The molecule has 0 bridgehead atoms. The fraction of sp³-hybridized carbons (Fsp3) is 0.811. The number of hydrogen-bond acceptors (Lipinski definition) is 5. The molecule has 338 valence electrons. The van der Waals surface area contributed by atoms with E-state index in [-0.39, 0.29) is 25.2 Å². The molecule has 0 aliphatic carbocycles. The molecule has 0 fully saturated rings. The number of allylic oxidation sites excluding steroid dienone is 8. The van der Waals surface area contributed by atoms with Crippen LogP contribution in [-0.4, -0.2) is 36.4 Å². The van der Waals surface area contributed by atoms with E-state index in [0.717, 1.165) is 70.6 Å². The summed E-state index contributed by atoms with van der Waals surface area (Å²) in [6.07, 6.45) is 63.6. The van der Waals surface area contributed by atoms with Crippen LogP contribution in [0.15, 0.2) is 48.6 Å². The highest BCUT2D eigenvalue weighted by molar-refractivity contribution is 5.70. The summed E-state index contributed by atoms with van der Waals surface area (Å²) in [5.74, 6) is -0.603. The van der Waals surface area contributed by atoms with E-state index in [2.05, 4.69) is 62.5 Å². The van der Waals surface area contributed by atoms with E-state index in [0.29, 0.717) is 12.8 Å². The summed E-state index contributed by atoms with van der Waals surface area (Å²) in [5.41, 5.74) is 0. The summed E-state index contributed by atoms with van der Waals surface area (Å²) in [7, 11) is 0. The van der Waals surface area contributed by atoms with Crippen LogP contribution in [0.1, 0.15) is 258 Å². The van der Waals surface area contributed by atoms with E-state index < -0.39 is 6.10 Å². The Balaban J connectivity index is 3.45. The van der Waals surface area contributed by atoms with E-state index in [1.165, 1.54) is 161 Å². The highest BCUT2D eigenvalue weighted by Crippen LogP contribution is 2.16. The average Bonchev–Trinajstić information content (AvgIpc) is 3.23. The third-order valence-corrected chi connectivity index (χ3v) is 11.1. The Morgan fingerprint density at radius 1 is 0.414 bits per heavy atom. The topological polar surface area (TPSA) is 72.8 Å². The molecule has 0 amide bonds. The van der Waals surface area contributed by atoms with Gasteiger partial charge >= 0.3 is 11.9 Å². The predicted molar refractivity (Wildman–Crippen MR) is 251 cm³/mol. The second-order valence-corrected chi connectivity index (χ2v) is 16.9. The van der Waals surface area contributed by atoms with Gasteiger partial charge < -0.3 is 14.6 Å². The summed E-state index contributed by atoms with van der Waals surface area (Å²) in [6, 6.07) is 0. The summed E-state index contributed by atoms with van der Waals surface area (Å²) in [6.45, 7) is 4.03. The molecular formula is C53H96O5. The van der Waals surface area contributed by atoms with Crippen LogP contribution in [0.5, 0.6) is 0 Å². The fourth-order valence-electron chi connectivity index (χ4n) is 7.33. The zero-order chi connectivity index (χ0) is 42.1. The number of unbranched alkanes of at least 4 members (excludes halogenated alkanes) is 30. The first-order chi connectivity index (χ1) is 28.6. The highest BCUT2D eigenvalue weighted by Gasteiger charge is 2.16. The number of esters is 2. The Hall–Kier alpha value is -2.14. The first kappa shape index (κ1) is 55.9. The van der Waals surface area contributed by atoms with Crippen LogP contribution in [0.4, 0.5) is 0 Å². The third kappa shape index (κ3) is 46.5. The molecule has 1 atom stereocenters. The van der Waals surface area contributed by atoms with Gasteiger partial charge in [0.25, 0.3) is 0 Å². The van der Waals surface area contributed by atoms with Gasteiger partial charge in [0.05, 0.1) is 6.61 Å². The van der Waals surface area contributed by atoms with Gasteiger partial charge in [-0.3, -0.25) is 9.59 Å². The summed E-state index contributed by atoms with van der Waals surface area (Å²) < 4.78 is 10.6. The number of aliphatic hydroxyl groups is 1. The molecule has 0 aromatic rings. The molecule has 0 radical (unpaired) electrons. The number of ether oxygens (including phenoxy) is 2. The molecule has 0 saturated heterocycles. The lowest BCUT2D eigenvalue weighted by atomic mass is 10.0. The molecule has 0 spiro atoms. The first-order valence-corrected chi connectivity index (χ1v) is 25.2. The van der Waals surface area contributed by atoms with Crippen molar-refractivity contribution >= 4 is 11.9 Å². The fourth-order valence-corrected chi connectivity index (χ4v) is 7.33. The molecule has 0 aromatic heterocycles. The van der Waals surface area contributed by atoms with Crippen molar-refractivity contribution in [2.75, 3.05) is 13.2 Å². The molecular weight excluding hydrogens is 717 g/mol. The third-order valence-electron chi connectivity index (χ3n) is 11.1. The molecule has 5 heteroatoms. The van der Waals surface area contributed by atoms with Gasteiger partial charge in [0.1, 0.15) is 6.61 Å². The SMILES string of the molecule is CC/C=C\C/C=C\C/C=C\CCCCCCCC(=O)OC(CO)COC(=O)CCCCCCCCCCCCCCCCCCC/C=C\CCCCCCCCCC. The summed E-state index contributed by atoms with van der Waals surface area (Å²) in [5, 5.41) is 9.60. The maximum absolute atomic E-state index is 12.2. The van der Waals surface area contributed by atoms with Gasteiger partial charge in [0.15, 0.2) is 6.10 Å². The van der Waals surface area contributed by atoms with Gasteiger partial charge in [-0.05, 0) is 70.6 Å². The van der Waals surface area contributed by atoms with Gasteiger partial charge in [-0.15, -0.1) is 0 Å². The molecule has 5 nitrogen and oxygen atoms in total. The number of carbonyl (C=O) groups is 2. The van der Waals surface area contributed by atoms with Crippen molar-refractivity contribution < 1.29 is 24.2 Å². The quantitative estimate of drug-likeness (QED) is 0.0376. The number of rotatable bonds is 46. The Bertz CT molecular complexity index is 966. The van der Waals surface area contributed by atoms with Gasteiger partial charge in [-0.25, -0.2) is 0 Å². The van der Waals surface area contributed by atoms with Gasteiger partial charge in [-0.1, -0.05) is 223 Å². The largest absolute Gasteiger partial charge is 0.462 e. The normalized spacial score (nSPS) is 12.5. The van der Waals surface area contributed by atoms with Gasteiger partial charge in [-0.2, -0.15) is 0 Å². The van der Waals surface area contributed by atoms with Gasteiger partial charge in [0, 0.05) is 12.8 Å². The molecule has 0 saturated carbocycles. The number of aliphatic hydroxyl groups excluding tert-OH is 1. The standard InChI is InChI=1S/C53H96O5/c1-3-5-7-9-11-13-15-17-19-20-21-22-23-24-25-26-27-28-29-30-31-32-34-35-37-39-41-43-45-47-52(55)57-50-51(49-54)58-53(56)48-46-44-42-40-38-36-33-18-16-14-12-10-8-6-4-2/h6,8,12,14,18,20-21,33,51,54H,3-5,7,9-11,13,15-17,19,22-32,34-50H2,1-2H3/b8-6-,14-12-,21-20-,33-18-. The number of hydrogen-bond donors (Lipinski definition) is 1. The Labute approximate surface area is 360 Å². The van der Waals surface area contributed by atoms with Crippen LogP contribution in [0.25, 0.3) is 0 Å². The lowest BCUT2D eigenvalue weighted by Gasteiger charge is -2.15. The number of carbonyl (C=O) groups excluding carboxylic acids is 2. The second-order valence-electron chi connectivity index (χ2n) is 16.9. The summed E-state index contributed by atoms with van der Waals surface area (Å²) >= 11 is 0. The molecule has 0 aliphatic heterocycles. The molecule has 1 N–H and O–H groups in total. The van der Waals surface area contributed by atoms with Crippen molar-refractivity contribution in [3.8, 4) is 0 Å². The smallest absolute Gasteiger partial charge is 0.306 e. The lowest BCUT2D eigenvalue weighted by molar-refractivity contribution is -0.161. The minimum absolute atomic E-state index is 0.0714. The molecule has 0 rings (SSSR count). The van der Waals surface area contributed by atoms with Gasteiger partial charge in [0.2, 0.25) is 0 Å². The van der Waals surface area contributed by atoms with E-state index >= 15 is 0 Å². The van der Waals surface area contributed by atoms with Crippen LogP contribution >= 0.6 is 0 Å². The second kappa shape index (κ2) is 49.2. The lowest BCUT2D eigenvalue weighted by Crippen LogP contribution is -2.28. The van der Waals surface area contributed by atoms with Crippen LogP contribution in [0.2, 0.25) is 0 Å². The zero-order valence-electron chi connectivity index (χ0n) is 38.6. The van der Waals surface area contributed by atoms with Crippen molar-refractivity contribution in [1.29, 1.82) is 0 Å². The molecule has 0 heterocycles. The van der Waals surface area contributed by atoms with Crippen LogP contribution in [0, 0.1) is 0 Å². The van der Waals surface area contributed by atoms with E-state index in [4.69, 9.17) is 9.47 Å². The molecule has 58 heavy (non-hydrogen) atoms. The molecule has 1 unspecified atom stereocenters. The molecule has 0 aliphatic rings.